The average molecular weight is 321 g/mol. The summed E-state index contributed by atoms with van der Waals surface area (Å²) in [5, 5.41) is 7.76. The van der Waals surface area contributed by atoms with E-state index in [0.29, 0.717) is 10.8 Å². The minimum absolute atomic E-state index is 0.117. The van der Waals surface area contributed by atoms with E-state index in [1.54, 1.807) is 16.8 Å². The van der Waals surface area contributed by atoms with Gasteiger partial charge in [-0.1, -0.05) is 44.0 Å². The van der Waals surface area contributed by atoms with E-state index >= 15 is 0 Å². The van der Waals surface area contributed by atoms with Gasteiger partial charge in [0.25, 0.3) is 0 Å². The first-order chi connectivity index (χ1) is 10.4. The van der Waals surface area contributed by atoms with E-state index < -0.39 is 6.04 Å². The van der Waals surface area contributed by atoms with Gasteiger partial charge in [-0.15, -0.1) is 5.10 Å². The highest BCUT2D eigenvalue weighted by Gasteiger charge is 2.20. The molecule has 22 heavy (non-hydrogen) atoms. The molecule has 2 unspecified atom stereocenters. The van der Waals surface area contributed by atoms with Crippen LogP contribution in [0.5, 0.6) is 0 Å². The molecule has 0 saturated heterocycles. The molecule has 2 atom stereocenters. The number of nitrogens with zero attached hydrogens (tertiary/aromatic N) is 2. The summed E-state index contributed by atoms with van der Waals surface area (Å²) in [6.45, 7) is 5.87. The summed E-state index contributed by atoms with van der Waals surface area (Å²) < 4.78 is 1.70. The second kappa shape index (κ2) is 6.94. The largest absolute Gasteiger partial charge is 0.320 e. The van der Waals surface area contributed by atoms with Crippen molar-refractivity contribution in [3.8, 4) is 5.69 Å². The predicted molar refractivity (Wildman–Crippen MR) is 89.4 cm³/mol. The molecule has 0 aliphatic carbocycles. The minimum atomic E-state index is -0.546. The number of nitrogens with one attached hydrogen (secondary N) is 1. The number of carbonyl (C=O) groups is 1. The van der Waals surface area contributed by atoms with Crippen molar-refractivity contribution in [3.63, 3.8) is 0 Å². The van der Waals surface area contributed by atoms with Crippen LogP contribution in [0.25, 0.3) is 5.69 Å². The number of hydrogen-bond donors (Lipinski definition) is 2. The molecule has 1 aromatic heterocycles. The molecule has 0 saturated carbocycles. The maximum Gasteiger partial charge on any atom is 0.242 e. The van der Waals surface area contributed by atoms with E-state index in [2.05, 4.69) is 10.4 Å². The SMILES string of the molecule is CCC(C)C(N)C(=O)Nc1cc(C)n(-c2ccccc2Cl)n1. The van der Waals surface area contributed by atoms with Crippen LogP contribution in [0.4, 0.5) is 5.82 Å². The van der Waals surface area contributed by atoms with E-state index in [9.17, 15) is 4.79 Å². The van der Waals surface area contributed by atoms with Gasteiger partial charge in [0.1, 0.15) is 0 Å². The highest BCUT2D eigenvalue weighted by molar-refractivity contribution is 6.32. The Balaban J connectivity index is 2.20. The van der Waals surface area contributed by atoms with Gasteiger partial charge in [0.15, 0.2) is 5.82 Å². The third kappa shape index (κ3) is 3.48. The Morgan fingerprint density at radius 3 is 2.77 bits per heavy atom. The van der Waals surface area contributed by atoms with Gasteiger partial charge >= 0.3 is 0 Å². The van der Waals surface area contributed by atoms with E-state index in [4.69, 9.17) is 17.3 Å². The van der Waals surface area contributed by atoms with Crippen LogP contribution in [-0.4, -0.2) is 21.7 Å². The molecule has 0 aliphatic rings. The van der Waals surface area contributed by atoms with Crippen molar-refractivity contribution >= 4 is 23.3 Å². The number of halogens is 1. The molecule has 0 fully saturated rings. The number of hydrogen-bond acceptors (Lipinski definition) is 3. The van der Waals surface area contributed by atoms with Crippen molar-refractivity contribution < 1.29 is 4.79 Å². The summed E-state index contributed by atoms with van der Waals surface area (Å²) in [6, 6.07) is 8.67. The first-order valence-electron chi connectivity index (χ1n) is 7.32. The number of amides is 1. The maximum atomic E-state index is 12.1. The van der Waals surface area contributed by atoms with E-state index in [1.807, 2.05) is 39.0 Å². The van der Waals surface area contributed by atoms with Gasteiger partial charge in [0, 0.05) is 11.8 Å². The second-order valence-electron chi connectivity index (χ2n) is 5.43. The topological polar surface area (TPSA) is 72.9 Å². The Kier molecular flexibility index (Phi) is 5.21. The molecule has 0 radical (unpaired) electrons. The molecule has 118 valence electrons. The Hall–Kier alpha value is -1.85. The van der Waals surface area contributed by atoms with Crippen LogP contribution < -0.4 is 11.1 Å². The Bertz CT molecular complexity index is 668. The Morgan fingerprint density at radius 2 is 2.14 bits per heavy atom. The highest BCUT2D eigenvalue weighted by Crippen LogP contribution is 2.22. The van der Waals surface area contributed by atoms with Crippen molar-refractivity contribution in [2.75, 3.05) is 5.32 Å². The van der Waals surface area contributed by atoms with Crippen molar-refractivity contribution in [1.82, 2.24) is 9.78 Å². The number of para-hydroxylation sites is 1. The number of nitrogens with two attached hydrogens (primary N) is 1. The number of benzene rings is 1. The van der Waals surface area contributed by atoms with Gasteiger partial charge in [-0.05, 0) is 25.0 Å². The molecule has 5 nitrogen and oxygen atoms in total. The van der Waals surface area contributed by atoms with Crippen LogP contribution >= 0.6 is 11.6 Å². The lowest BCUT2D eigenvalue weighted by atomic mass is 9.99. The number of aryl methyl sites for hydroxylation is 1. The minimum Gasteiger partial charge on any atom is -0.320 e. The molecule has 0 spiro atoms. The first-order valence-corrected chi connectivity index (χ1v) is 7.69. The lowest BCUT2D eigenvalue weighted by molar-refractivity contribution is -0.118. The van der Waals surface area contributed by atoms with Gasteiger partial charge < -0.3 is 11.1 Å². The molecule has 1 aromatic carbocycles. The quantitative estimate of drug-likeness (QED) is 0.888. The fourth-order valence-corrected chi connectivity index (χ4v) is 2.34. The Labute approximate surface area is 135 Å². The third-order valence-electron chi connectivity index (χ3n) is 3.78. The van der Waals surface area contributed by atoms with Gasteiger partial charge in [-0.25, -0.2) is 4.68 Å². The molecule has 6 heteroatoms. The predicted octanol–water partition coefficient (Wildman–Crippen LogP) is 3.15. The van der Waals surface area contributed by atoms with Crippen LogP contribution in [0.2, 0.25) is 5.02 Å². The number of aromatic nitrogens is 2. The fourth-order valence-electron chi connectivity index (χ4n) is 2.12. The van der Waals surface area contributed by atoms with Crippen LogP contribution in [0.15, 0.2) is 30.3 Å². The lowest BCUT2D eigenvalue weighted by Crippen LogP contribution is -2.40. The second-order valence-corrected chi connectivity index (χ2v) is 5.84. The van der Waals surface area contributed by atoms with Gasteiger partial charge in [-0.3, -0.25) is 4.79 Å². The smallest absolute Gasteiger partial charge is 0.242 e. The molecule has 0 aliphatic heterocycles. The summed E-state index contributed by atoms with van der Waals surface area (Å²) in [5.74, 6) is 0.367. The van der Waals surface area contributed by atoms with Crippen LogP contribution in [0.1, 0.15) is 26.0 Å². The Morgan fingerprint density at radius 1 is 1.45 bits per heavy atom. The molecule has 1 heterocycles. The van der Waals surface area contributed by atoms with E-state index in [-0.39, 0.29) is 11.8 Å². The highest BCUT2D eigenvalue weighted by atomic mass is 35.5. The number of carbonyl (C=O) groups excluding carboxylic acids is 1. The summed E-state index contributed by atoms with van der Waals surface area (Å²) in [7, 11) is 0. The zero-order valence-electron chi connectivity index (χ0n) is 13.0. The lowest BCUT2D eigenvalue weighted by Gasteiger charge is -2.16. The third-order valence-corrected chi connectivity index (χ3v) is 4.10. The zero-order chi connectivity index (χ0) is 16.3. The summed E-state index contributed by atoms with van der Waals surface area (Å²) in [4.78, 5) is 12.1. The monoisotopic (exact) mass is 320 g/mol. The number of anilines is 1. The van der Waals surface area contributed by atoms with Gasteiger partial charge in [0.05, 0.1) is 16.8 Å². The molecule has 2 aromatic rings. The molecular formula is C16H21ClN4O. The van der Waals surface area contributed by atoms with E-state index in [0.717, 1.165) is 17.8 Å². The van der Waals surface area contributed by atoms with Crippen molar-refractivity contribution in [2.45, 2.75) is 33.2 Å². The van der Waals surface area contributed by atoms with Crippen LogP contribution in [0.3, 0.4) is 0 Å². The van der Waals surface area contributed by atoms with Crippen LogP contribution in [-0.2, 0) is 4.79 Å². The maximum absolute atomic E-state index is 12.1. The van der Waals surface area contributed by atoms with Crippen molar-refractivity contribution in [2.24, 2.45) is 11.7 Å². The van der Waals surface area contributed by atoms with Gasteiger partial charge in [0.2, 0.25) is 5.91 Å². The number of rotatable bonds is 5. The van der Waals surface area contributed by atoms with Gasteiger partial charge in [-0.2, -0.15) is 0 Å². The zero-order valence-corrected chi connectivity index (χ0v) is 13.8. The van der Waals surface area contributed by atoms with Crippen LogP contribution in [0, 0.1) is 12.8 Å². The van der Waals surface area contributed by atoms with Crippen molar-refractivity contribution in [3.05, 3.63) is 41.0 Å². The fraction of sp³-hybridized carbons (Fsp3) is 0.375. The van der Waals surface area contributed by atoms with Crippen molar-refractivity contribution in [1.29, 1.82) is 0 Å². The molecule has 3 N–H and O–H groups in total. The average Bonchev–Trinajstić information content (AvgIpc) is 2.86. The standard InChI is InChI=1S/C16H21ClN4O/c1-4-10(2)15(18)16(22)19-14-9-11(3)21(20-14)13-8-6-5-7-12(13)17/h5-10,15H,4,18H2,1-3H3,(H,19,20,22). The molecule has 1 amide bonds. The summed E-state index contributed by atoms with van der Waals surface area (Å²) in [5.41, 5.74) is 7.58. The molecule has 2 rings (SSSR count). The molecule has 0 bridgehead atoms. The normalized spacial score (nSPS) is 13.7. The molecular weight excluding hydrogens is 300 g/mol. The van der Waals surface area contributed by atoms with E-state index in [1.165, 1.54) is 0 Å². The first kappa shape index (κ1) is 16.5. The summed E-state index contributed by atoms with van der Waals surface area (Å²) in [6.07, 6.45) is 0.849. The summed E-state index contributed by atoms with van der Waals surface area (Å²) >= 11 is 6.19.